The first kappa shape index (κ1) is 25.5. The highest BCUT2D eigenvalue weighted by atomic mass is 32.2. The summed E-state index contributed by atoms with van der Waals surface area (Å²) in [6.07, 6.45) is 2.18. The molecule has 0 saturated heterocycles. The molecule has 0 aliphatic heterocycles. The Bertz CT molecular complexity index is 1440. The molecule has 0 spiro atoms. The Labute approximate surface area is 217 Å². The number of ketones is 1. The third kappa shape index (κ3) is 4.62. The monoisotopic (exact) mass is 494 g/mol. The van der Waals surface area contributed by atoms with Crippen molar-refractivity contribution < 1.29 is 4.79 Å². The molecule has 2 N–H and O–H groups in total. The average Bonchev–Trinajstić information content (AvgIpc) is 2.85. The van der Waals surface area contributed by atoms with E-state index in [4.69, 9.17) is 5.73 Å². The van der Waals surface area contributed by atoms with Gasteiger partial charge in [-0.05, 0) is 53.4 Å². The second-order valence-electron chi connectivity index (χ2n) is 10.8. The fraction of sp³-hybridized carbons (Fsp3) is 0.333. The number of hydrogen-bond acceptors (Lipinski definition) is 6. The van der Waals surface area contributed by atoms with Gasteiger partial charge < -0.3 is 5.73 Å². The van der Waals surface area contributed by atoms with E-state index in [2.05, 4.69) is 50.9 Å². The summed E-state index contributed by atoms with van der Waals surface area (Å²) in [5.41, 5.74) is 12.1. The molecule has 0 unspecified atom stereocenters. The number of thioether (sulfide) groups is 1. The van der Waals surface area contributed by atoms with Crippen molar-refractivity contribution in [3.8, 4) is 23.3 Å². The zero-order chi connectivity index (χ0) is 26.3. The first-order chi connectivity index (χ1) is 17.0. The van der Waals surface area contributed by atoms with Gasteiger partial charge in [0.15, 0.2) is 5.78 Å². The molecule has 4 rings (SSSR count). The van der Waals surface area contributed by atoms with Crippen molar-refractivity contribution in [1.82, 2.24) is 4.98 Å². The predicted molar refractivity (Wildman–Crippen MR) is 145 cm³/mol. The molecule has 6 heteroatoms. The lowest BCUT2D eigenvalue weighted by Gasteiger charge is -2.42. The average molecular weight is 495 g/mol. The molecule has 182 valence electrons. The van der Waals surface area contributed by atoms with Gasteiger partial charge in [-0.1, -0.05) is 81.4 Å². The number of pyridine rings is 1. The minimum absolute atomic E-state index is 0.00827. The zero-order valence-electron chi connectivity index (χ0n) is 21.4. The molecule has 36 heavy (non-hydrogen) atoms. The highest BCUT2D eigenvalue weighted by molar-refractivity contribution is 8.00. The second kappa shape index (κ2) is 9.45. The van der Waals surface area contributed by atoms with E-state index in [1.807, 2.05) is 43.3 Å². The highest BCUT2D eigenvalue weighted by Crippen LogP contribution is 2.46. The number of nitrogen functional groups attached to an aromatic ring is 1. The number of aryl methyl sites for hydroxylation is 1. The van der Waals surface area contributed by atoms with Crippen LogP contribution in [-0.2, 0) is 10.8 Å². The Morgan fingerprint density at radius 3 is 2.19 bits per heavy atom. The Kier molecular flexibility index (Phi) is 6.69. The third-order valence-corrected chi connectivity index (χ3v) is 8.25. The van der Waals surface area contributed by atoms with Gasteiger partial charge in [-0.25, -0.2) is 4.98 Å². The van der Waals surface area contributed by atoms with Gasteiger partial charge in [0, 0.05) is 11.1 Å². The fourth-order valence-corrected chi connectivity index (χ4v) is 5.78. The van der Waals surface area contributed by atoms with Crippen molar-refractivity contribution in [2.45, 2.75) is 63.3 Å². The summed E-state index contributed by atoms with van der Waals surface area (Å²) >= 11 is 1.18. The number of carbonyl (C=O) groups excluding carboxylic acids is 1. The van der Waals surface area contributed by atoms with Gasteiger partial charge in [-0.15, -0.1) is 0 Å². The van der Waals surface area contributed by atoms with E-state index in [0.29, 0.717) is 16.2 Å². The highest BCUT2D eigenvalue weighted by Gasteiger charge is 2.37. The predicted octanol–water partition coefficient (Wildman–Crippen LogP) is 6.71. The van der Waals surface area contributed by atoms with Gasteiger partial charge in [0.2, 0.25) is 0 Å². The van der Waals surface area contributed by atoms with Crippen molar-refractivity contribution in [2.24, 2.45) is 0 Å². The topological polar surface area (TPSA) is 104 Å². The molecule has 5 nitrogen and oxygen atoms in total. The van der Waals surface area contributed by atoms with Crippen molar-refractivity contribution in [3.63, 3.8) is 0 Å². The normalized spacial score (nSPS) is 15.4. The van der Waals surface area contributed by atoms with Gasteiger partial charge >= 0.3 is 0 Å². The van der Waals surface area contributed by atoms with Crippen molar-refractivity contribution >= 4 is 23.4 Å². The van der Waals surface area contributed by atoms with Crippen molar-refractivity contribution in [1.29, 1.82) is 10.5 Å². The molecule has 1 aromatic heterocycles. The number of Topliss-reactive ketones (excluding diaryl/α,β-unsaturated/α-hetero) is 1. The van der Waals surface area contributed by atoms with Crippen LogP contribution in [0.3, 0.4) is 0 Å². The van der Waals surface area contributed by atoms with E-state index >= 15 is 0 Å². The molecular weight excluding hydrogens is 464 g/mol. The Morgan fingerprint density at radius 1 is 0.972 bits per heavy atom. The minimum atomic E-state index is -0.0347. The molecule has 0 atom stereocenters. The maximum Gasteiger partial charge on any atom is 0.173 e. The minimum Gasteiger partial charge on any atom is -0.383 e. The van der Waals surface area contributed by atoms with Crippen LogP contribution >= 0.6 is 11.8 Å². The molecule has 1 aliphatic rings. The Hall–Kier alpha value is -3.61. The number of nitrogens with two attached hydrogens (primary N) is 1. The van der Waals surface area contributed by atoms with Crippen LogP contribution in [0.2, 0.25) is 0 Å². The van der Waals surface area contributed by atoms with Crippen LogP contribution in [0.4, 0.5) is 5.82 Å². The van der Waals surface area contributed by atoms with E-state index in [1.165, 1.54) is 22.9 Å². The maximum atomic E-state index is 13.3. The van der Waals surface area contributed by atoms with Gasteiger partial charge in [0.25, 0.3) is 0 Å². The third-order valence-electron chi connectivity index (χ3n) is 7.27. The zero-order valence-corrected chi connectivity index (χ0v) is 22.2. The molecule has 3 aromatic rings. The number of aromatic nitrogens is 1. The van der Waals surface area contributed by atoms with Crippen LogP contribution in [0.5, 0.6) is 0 Å². The largest absolute Gasteiger partial charge is 0.383 e. The van der Waals surface area contributed by atoms with Gasteiger partial charge in [-0.2, -0.15) is 10.5 Å². The second-order valence-corrected chi connectivity index (χ2v) is 11.7. The van der Waals surface area contributed by atoms with Crippen LogP contribution in [0.25, 0.3) is 11.1 Å². The molecule has 2 aromatic carbocycles. The van der Waals surface area contributed by atoms with Crippen LogP contribution < -0.4 is 5.73 Å². The molecular formula is C30H30N4OS. The Morgan fingerprint density at radius 2 is 1.58 bits per heavy atom. The molecule has 0 radical (unpaired) electrons. The summed E-state index contributed by atoms with van der Waals surface area (Å²) in [6.45, 7) is 11.0. The number of nitrogens with zero attached hydrogens (tertiary/aromatic N) is 3. The summed E-state index contributed by atoms with van der Waals surface area (Å²) in [5, 5.41) is 20.1. The van der Waals surface area contributed by atoms with E-state index in [1.54, 1.807) is 0 Å². The number of anilines is 1. The smallest absolute Gasteiger partial charge is 0.173 e. The SMILES string of the molecule is Cc1ccc(-c2c(C#N)c(N)nc(SCC(=O)c3ccc4c(c3)C(C)(C)CCC4(C)C)c2C#N)cc1. The molecule has 0 amide bonds. The molecule has 0 saturated carbocycles. The maximum absolute atomic E-state index is 13.3. The van der Waals surface area contributed by atoms with Gasteiger partial charge in [-0.3, -0.25) is 4.79 Å². The lowest BCUT2D eigenvalue weighted by Crippen LogP contribution is -2.34. The van der Waals surface area contributed by atoms with E-state index in [0.717, 1.165) is 24.0 Å². The quantitative estimate of drug-likeness (QED) is 0.312. The summed E-state index contributed by atoms with van der Waals surface area (Å²) in [4.78, 5) is 17.6. The number of benzene rings is 2. The summed E-state index contributed by atoms with van der Waals surface area (Å²) in [7, 11) is 0. The number of carbonyl (C=O) groups is 1. The van der Waals surface area contributed by atoms with Gasteiger partial charge in [0.05, 0.1) is 11.3 Å². The summed E-state index contributed by atoms with van der Waals surface area (Å²) in [5.74, 6) is 0.135. The first-order valence-corrected chi connectivity index (χ1v) is 13.0. The van der Waals surface area contributed by atoms with Crippen LogP contribution in [0, 0.1) is 29.6 Å². The summed E-state index contributed by atoms with van der Waals surface area (Å²) < 4.78 is 0. The molecule has 1 heterocycles. The lowest BCUT2D eigenvalue weighted by atomic mass is 9.63. The van der Waals surface area contributed by atoms with Crippen molar-refractivity contribution in [3.05, 3.63) is 75.8 Å². The van der Waals surface area contributed by atoms with E-state index in [9.17, 15) is 15.3 Å². The number of nitriles is 2. The van der Waals surface area contributed by atoms with Crippen LogP contribution in [0.15, 0.2) is 47.5 Å². The summed E-state index contributed by atoms with van der Waals surface area (Å²) in [6, 6.07) is 17.9. The lowest BCUT2D eigenvalue weighted by molar-refractivity contribution is 0.102. The van der Waals surface area contributed by atoms with Crippen LogP contribution in [-0.4, -0.2) is 16.5 Å². The number of rotatable bonds is 5. The number of hydrogen-bond donors (Lipinski definition) is 1. The van der Waals surface area contributed by atoms with E-state index in [-0.39, 0.29) is 39.3 Å². The van der Waals surface area contributed by atoms with Crippen molar-refractivity contribution in [2.75, 3.05) is 11.5 Å². The molecule has 0 bridgehead atoms. The molecule has 0 fully saturated rings. The van der Waals surface area contributed by atoms with Crippen LogP contribution in [0.1, 0.15) is 78.7 Å². The fourth-order valence-electron chi connectivity index (χ4n) is 4.89. The standard InChI is InChI=1S/C30H30N4OS/c1-18-6-8-19(9-7-18)26-21(15-31)27(33)34-28(22(26)16-32)36-17-25(35)20-10-11-23-24(14-20)30(4,5)13-12-29(23,2)3/h6-11,14H,12-13,17H2,1-5H3,(H2,33,34). The van der Waals surface area contributed by atoms with Gasteiger partial charge in [0.1, 0.15) is 28.5 Å². The van der Waals surface area contributed by atoms with E-state index < -0.39 is 0 Å². The molecule has 1 aliphatic carbocycles. The first-order valence-electron chi connectivity index (χ1n) is 12.0. The Balaban J connectivity index is 1.68. The number of fused-ring (bicyclic) bond motifs is 1.